The number of para-hydroxylation sites is 2. The third-order valence-electron chi connectivity index (χ3n) is 3.67. The van der Waals surface area contributed by atoms with E-state index >= 15 is 0 Å². The van der Waals surface area contributed by atoms with Crippen molar-refractivity contribution in [2.45, 2.75) is 6.42 Å². The summed E-state index contributed by atoms with van der Waals surface area (Å²) in [6.45, 7) is 0.936. The van der Waals surface area contributed by atoms with E-state index in [0.29, 0.717) is 18.9 Å². The van der Waals surface area contributed by atoms with Crippen molar-refractivity contribution in [2.75, 3.05) is 24.6 Å². The minimum atomic E-state index is -0.161. The molecule has 0 unspecified atom stereocenters. The number of benzene rings is 2. The third-order valence-corrected chi connectivity index (χ3v) is 3.67. The van der Waals surface area contributed by atoms with Gasteiger partial charge in [0.05, 0.1) is 25.2 Å². The maximum absolute atomic E-state index is 12.4. The molecule has 5 heteroatoms. The molecular formula is C18H18N2O3. The van der Waals surface area contributed by atoms with Crippen LogP contribution in [-0.4, -0.2) is 31.5 Å². The lowest BCUT2D eigenvalue weighted by Crippen LogP contribution is -2.44. The highest BCUT2D eigenvalue weighted by Crippen LogP contribution is 2.30. The van der Waals surface area contributed by atoms with Crippen molar-refractivity contribution in [3.05, 3.63) is 60.2 Å². The van der Waals surface area contributed by atoms with Crippen LogP contribution < -0.4 is 15.0 Å². The average molecular weight is 310 g/mol. The van der Waals surface area contributed by atoms with Crippen LogP contribution in [0.25, 0.3) is 0 Å². The summed E-state index contributed by atoms with van der Waals surface area (Å²) in [6.07, 6.45) is 0.272. The van der Waals surface area contributed by atoms with Crippen molar-refractivity contribution in [3.8, 4) is 5.75 Å². The van der Waals surface area contributed by atoms with Crippen molar-refractivity contribution in [1.29, 1.82) is 0 Å². The SMILES string of the molecule is O=C(Cc1ccccc1)NCC(=O)N1CCOc2ccccc21. The lowest BCUT2D eigenvalue weighted by molar-refractivity contribution is -0.124. The van der Waals surface area contributed by atoms with Gasteiger partial charge in [-0.1, -0.05) is 42.5 Å². The van der Waals surface area contributed by atoms with Gasteiger partial charge in [0, 0.05) is 0 Å². The lowest BCUT2D eigenvalue weighted by Gasteiger charge is -2.29. The third kappa shape index (κ3) is 3.69. The van der Waals surface area contributed by atoms with Gasteiger partial charge < -0.3 is 15.0 Å². The Morgan fingerprint density at radius 2 is 1.78 bits per heavy atom. The summed E-state index contributed by atoms with van der Waals surface area (Å²) in [7, 11) is 0. The first-order valence-corrected chi connectivity index (χ1v) is 7.57. The fraction of sp³-hybridized carbons (Fsp3) is 0.222. The number of hydrogen-bond acceptors (Lipinski definition) is 3. The molecule has 5 nitrogen and oxygen atoms in total. The predicted octanol–water partition coefficient (Wildman–Crippen LogP) is 1.77. The van der Waals surface area contributed by atoms with Crippen LogP contribution in [0.3, 0.4) is 0 Å². The number of hydrogen-bond donors (Lipinski definition) is 1. The van der Waals surface area contributed by atoms with E-state index in [1.807, 2.05) is 54.6 Å². The van der Waals surface area contributed by atoms with Gasteiger partial charge >= 0.3 is 0 Å². The van der Waals surface area contributed by atoms with Crippen molar-refractivity contribution < 1.29 is 14.3 Å². The number of nitrogens with zero attached hydrogens (tertiary/aromatic N) is 1. The molecule has 1 N–H and O–H groups in total. The molecule has 0 spiro atoms. The van der Waals surface area contributed by atoms with Crippen LogP contribution in [0.1, 0.15) is 5.56 Å². The fourth-order valence-corrected chi connectivity index (χ4v) is 2.54. The molecule has 2 aromatic carbocycles. The quantitative estimate of drug-likeness (QED) is 0.936. The number of anilines is 1. The Hall–Kier alpha value is -2.82. The number of fused-ring (bicyclic) bond motifs is 1. The second kappa shape index (κ2) is 6.96. The van der Waals surface area contributed by atoms with Gasteiger partial charge in [-0.15, -0.1) is 0 Å². The van der Waals surface area contributed by atoms with Crippen molar-refractivity contribution >= 4 is 17.5 Å². The first-order valence-electron chi connectivity index (χ1n) is 7.57. The van der Waals surface area contributed by atoms with Crippen LogP contribution in [-0.2, 0) is 16.0 Å². The van der Waals surface area contributed by atoms with Crippen LogP contribution in [0.4, 0.5) is 5.69 Å². The summed E-state index contributed by atoms with van der Waals surface area (Å²) in [5, 5.41) is 2.69. The van der Waals surface area contributed by atoms with E-state index in [2.05, 4.69) is 5.32 Å². The van der Waals surface area contributed by atoms with E-state index in [1.165, 1.54) is 0 Å². The highest BCUT2D eigenvalue weighted by Gasteiger charge is 2.23. The molecule has 1 aliphatic rings. The molecule has 0 atom stereocenters. The van der Waals surface area contributed by atoms with E-state index in [0.717, 1.165) is 11.3 Å². The van der Waals surface area contributed by atoms with Gasteiger partial charge in [-0.3, -0.25) is 9.59 Å². The molecule has 1 heterocycles. The van der Waals surface area contributed by atoms with Crippen LogP contribution >= 0.6 is 0 Å². The van der Waals surface area contributed by atoms with Gasteiger partial charge in [0.2, 0.25) is 11.8 Å². The van der Waals surface area contributed by atoms with Gasteiger partial charge in [0.1, 0.15) is 12.4 Å². The van der Waals surface area contributed by atoms with E-state index in [1.54, 1.807) is 4.90 Å². The Morgan fingerprint density at radius 1 is 1.04 bits per heavy atom. The Kier molecular flexibility index (Phi) is 4.57. The molecule has 0 fully saturated rings. The zero-order chi connectivity index (χ0) is 16.1. The molecule has 0 saturated heterocycles. The minimum absolute atomic E-state index is 0.0139. The highest BCUT2D eigenvalue weighted by atomic mass is 16.5. The maximum atomic E-state index is 12.4. The van der Waals surface area contributed by atoms with Gasteiger partial charge in [-0.05, 0) is 17.7 Å². The van der Waals surface area contributed by atoms with E-state index < -0.39 is 0 Å². The Labute approximate surface area is 134 Å². The Balaban J connectivity index is 1.57. The van der Waals surface area contributed by atoms with Crippen LogP contribution in [0.5, 0.6) is 5.75 Å². The number of carbonyl (C=O) groups excluding carboxylic acids is 2. The van der Waals surface area contributed by atoms with Crippen LogP contribution in [0.15, 0.2) is 54.6 Å². The molecule has 0 aliphatic carbocycles. The van der Waals surface area contributed by atoms with Crippen molar-refractivity contribution in [1.82, 2.24) is 5.32 Å². The van der Waals surface area contributed by atoms with Crippen LogP contribution in [0.2, 0.25) is 0 Å². The van der Waals surface area contributed by atoms with E-state index in [-0.39, 0.29) is 24.8 Å². The number of nitrogens with one attached hydrogen (secondary N) is 1. The molecule has 3 rings (SSSR count). The molecule has 2 amide bonds. The highest BCUT2D eigenvalue weighted by molar-refractivity contribution is 5.98. The number of amides is 2. The number of carbonyl (C=O) groups is 2. The lowest BCUT2D eigenvalue weighted by atomic mass is 10.1. The maximum Gasteiger partial charge on any atom is 0.246 e. The molecule has 1 aliphatic heterocycles. The van der Waals surface area contributed by atoms with Crippen molar-refractivity contribution in [3.63, 3.8) is 0 Å². The first-order chi connectivity index (χ1) is 11.2. The molecule has 118 valence electrons. The Bertz CT molecular complexity index is 700. The summed E-state index contributed by atoms with van der Waals surface area (Å²) in [6, 6.07) is 16.9. The van der Waals surface area contributed by atoms with E-state index in [4.69, 9.17) is 4.74 Å². The topological polar surface area (TPSA) is 58.6 Å². The average Bonchev–Trinajstić information content (AvgIpc) is 2.60. The zero-order valence-corrected chi connectivity index (χ0v) is 12.7. The standard InChI is InChI=1S/C18H18N2O3/c21-17(12-14-6-2-1-3-7-14)19-13-18(22)20-10-11-23-16-9-5-4-8-15(16)20/h1-9H,10-13H2,(H,19,21). The van der Waals surface area contributed by atoms with Gasteiger partial charge in [-0.2, -0.15) is 0 Å². The smallest absolute Gasteiger partial charge is 0.246 e. The summed E-state index contributed by atoms with van der Waals surface area (Å²) in [4.78, 5) is 26.0. The van der Waals surface area contributed by atoms with Crippen molar-refractivity contribution in [2.24, 2.45) is 0 Å². The molecule has 0 saturated carbocycles. The predicted molar refractivity (Wildman–Crippen MR) is 87.4 cm³/mol. The van der Waals surface area contributed by atoms with Gasteiger partial charge in [0.25, 0.3) is 0 Å². The second-order valence-corrected chi connectivity index (χ2v) is 5.30. The van der Waals surface area contributed by atoms with Gasteiger partial charge in [-0.25, -0.2) is 0 Å². The summed E-state index contributed by atoms with van der Waals surface area (Å²) in [5.41, 5.74) is 1.68. The second-order valence-electron chi connectivity index (χ2n) is 5.30. The molecule has 0 radical (unpaired) electrons. The first kappa shape index (κ1) is 15.1. The summed E-state index contributed by atoms with van der Waals surface area (Å²) >= 11 is 0. The molecular weight excluding hydrogens is 292 g/mol. The fourth-order valence-electron chi connectivity index (χ4n) is 2.54. The molecule has 0 bridgehead atoms. The summed E-state index contributed by atoms with van der Waals surface area (Å²) in [5.74, 6) is 0.399. The zero-order valence-electron chi connectivity index (χ0n) is 12.7. The Morgan fingerprint density at radius 3 is 2.61 bits per heavy atom. The number of ether oxygens (including phenoxy) is 1. The molecule has 2 aromatic rings. The van der Waals surface area contributed by atoms with Crippen LogP contribution in [0, 0.1) is 0 Å². The molecule has 0 aromatic heterocycles. The monoisotopic (exact) mass is 310 g/mol. The number of rotatable bonds is 4. The molecule has 23 heavy (non-hydrogen) atoms. The normalized spacial score (nSPS) is 13.0. The summed E-state index contributed by atoms with van der Waals surface area (Å²) < 4.78 is 5.53. The largest absolute Gasteiger partial charge is 0.490 e. The minimum Gasteiger partial charge on any atom is -0.490 e. The van der Waals surface area contributed by atoms with Gasteiger partial charge in [0.15, 0.2) is 0 Å². The van der Waals surface area contributed by atoms with E-state index in [9.17, 15) is 9.59 Å².